The third-order valence-electron chi connectivity index (χ3n) is 3.55. The van der Waals surface area contributed by atoms with E-state index < -0.39 is 11.7 Å². The van der Waals surface area contributed by atoms with Crippen LogP contribution in [0.5, 0.6) is 0 Å². The molecule has 2 heterocycles. The maximum absolute atomic E-state index is 13.7. The van der Waals surface area contributed by atoms with Gasteiger partial charge in [0.2, 0.25) is 16.9 Å². The van der Waals surface area contributed by atoms with Crippen LogP contribution in [-0.2, 0) is 5.75 Å². The fraction of sp³-hybridized carbons (Fsp3) is 0.0556. The van der Waals surface area contributed by atoms with Crippen molar-refractivity contribution in [1.29, 1.82) is 0 Å². The minimum atomic E-state index is -0.593. The molecule has 0 radical (unpaired) electrons. The molecule has 0 aliphatic rings. The molecule has 10 heteroatoms. The second-order valence-corrected chi connectivity index (χ2v) is 7.66. The van der Waals surface area contributed by atoms with E-state index in [9.17, 15) is 9.18 Å². The molecule has 2 aromatic heterocycles. The minimum absolute atomic E-state index is 0.0498. The molecule has 0 aliphatic carbocycles. The highest BCUT2D eigenvalue weighted by Crippen LogP contribution is 2.29. The number of rotatable bonds is 6. The molecule has 1 amide bonds. The number of nitrogens with zero attached hydrogens (tertiary/aromatic N) is 4. The minimum Gasteiger partial charge on any atom is -0.420 e. The molecule has 0 bridgehead atoms. The van der Waals surface area contributed by atoms with E-state index in [4.69, 9.17) is 4.42 Å². The van der Waals surface area contributed by atoms with E-state index in [1.165, 1.54) is 41.3 Å². The first kappa shape index (κ1) is 18.3. The summed E-state index contributed by atoms with van der Waals surface area (Å²) in [5, 5.41) is 18.8. The standard InChI is InChI=1S/C18H12FN5O2S2/c19-13-9-5-4-8-12(13)15(25)20-17-23-24-18(28-17)27-10-14-21-22-16(26-14)11-6-2-1-3-7-11/h1-9H,10H2,(H,20,23,25). The van der Waals surface area contributed by atoms with Crippen LogP contribution in [0, 0.1) is 5.82 Å². The van der Waals surface area contributed by atoms with Crippen LogP contribution in [0.15, 0.2) is 63.4 Å². The molecular weight excluding hydrogens is 401 g/mol. The molecule has 0 unspecified atom stereocenters. The number of carbonyl (C=O) groups excluding carboxylic acids is 1. The zero-order valence-electron chi connectivity index (χ0n) is 14.2. The molecule has 1 N–H and O–H groups in total. The summed E-state index contributed by atoms with van der Waals surface area (Å²) in [4.78, 5) is 12.1. The molecule has 4 rings (SSSR count). The lowest BCUT2D eigenvalue weighted by atomic mass is 10.2. The van der Waals surface area contributed by atoms with Crippen molar-refractivity contribution >= 4 is 34.1 Å². The number of nitrogens with one attached hydrogen (secondary N) is 1. The van der Waals surface area contributed by atoms with Crippen LogP contribution in [0.25, 0.3) is 11.5 Å². The average molecular weight is 413 g/mol. The summed E-state index contributed by atoms with van der Waals surface area (Å²) < 4.78 is 19.9. The monoisotopic (exact) mass is 413 g/mol. The van der Waals surface area contributed by atoms with Gasteiger partial charge in [-0.2, -0.15) is 0 Å². The lowest BCUT2D eigenvalue weighted by molar-refractivity contribution is 0.102. The van der Waals surface area contributed by atoms with Gasteiger partial charge in [-0.25, -0.2) is 4.39 Å². The van der Waals surface area contributed by atoms with Crippen molar-refractivity contribution in [3.63, 3.8) is 0 Å². The molecule has 4 aromatic rings. The summed E-state index contributed by atoms with van der Waals surface area (Å²) in [6, 6.07) is 15.2. The molecule has 0 atom stereocenters. The molecule has 0 aliphatic heterocycles. The summed E-state index contributed by atoms with van der Waals surface area (Å²) in [6.07, 6.45) is 0. The van der Waals surface area contributed by atoms with Crippen molar-refractivity contribution in [3.8, 4) is 11.5 Å². The van der Waals surface area contributed by atoms with Crippen LogP contribution < -0.4 is 5.32 Å². The van der Waals surface area contributed by atoms with Crippen LogP contribution >= 0.6 is 23.1 Å². The van der Waals surface area contributed by atoms with Crippen LogP contribution in [0.3, 0.4) is 0 Å². The van der Waals surface area contributed by atoms with Gasteiger partial charge in [0.25, 0.3) is 5.91 Å². The predicted molar refractivity (Wildman–Crippen MR) is 104 cm³/mol. The van der Waals surface area contributed by atoms with Gasteiger partial charge in [0.05, 0.1) is 11.3 Å². The number of anilines is 1. The number of thioether (sulfide) groups is 1. The molecule has 7 nitrogen and oxygen atoms in total. The van der Waals surface area contributed by atoms with Gasteiger partial charge in [-0.05, 0) is 24.3 Å². The highest BCUT2D eigenvalue weighted by Gasteiger charge is 2.15. The highest BCUT2D eigenvalue weighted by molar-refractivity contribution is 8.00. The van der Waals surface area contributed by atoms with E-state index in [2.05, 4.69) is 25.7 Å². The number of hydrogen-bond donors (Lipinski definition) is 1. The second-order valence-electron chi connectivity index (χ2n) is 5.46. The maximum Gasteiger partial charge on any atom is 0.260 e. The first-order chi connectivity index (χ1) is 13.7. The summed E-state index contributed by atoms with van der Waals surface area (Å²) in [6.45, 7) is 0. The number of aromatic nitrogens is 4. The fourth-order valence-corrected chi connectivity index (χ4v) is 3.85. The van der Waals surface area contributed by atoms with E-state index in [0.717, 1.165) is 5.56 Å². The van der Waals surface area contributed by atoms with Gasteiger partial charge in [-0.3, -0.25) is 10.1 Å². The first-order valence-electron chi connectivity index (χ1n) is 8.09. The summed E-state index contributed by atoms with van der Waals surface area (Å²) in [5.74, 6) is 0.151. The zero-order valence-corrected chi connectivity index (χ0v) is 15.8. The Morgan fingerprint density at radius 3 is 2.64 bits per heavy atom. The summed E-state index contributed by atoms with van der Waals surface area (Å²) in [5.41, 5.74) is 0.798. The number of amides is 1. The molecule has 0 saturated heterocycles. The zero-order chi connectivity index (χ0) is 19.3. The Bertz CT molecular complexity index is 1100. The fourth-order valence-electron chi connectivity index (χ4n) is 2.26. The van der Waals surface area contributed by atoms with Crippen LogP contribution in [0.4, 0.5) is 9.52 Å². The topological polar surface area (TPSA) is 93.8 Å². The lowest BCUT2D eigenvalue weighted by Crippen LogP contribution is -2.13. The van der Waals surface area contributed by atoms with Crippen LogP contribution in [0.2, 0.25) is 0 Å². The number of halogens is 1. The van der Waals surface area contributed by atoms with Gasteiger partial charge < -0.3 is 4.42 Å². The molecule has 0 spiro atoms. The van der Waals surface area contributed by atoms with Gasteiger partial charge in [-0.1, -0.05) is 53.4 Å². The molecule has 140 valence electrons. The van der Waals surface area contributed by atoms with E-state index in [1.54, 1.807) is 6.07 Å². The van der Waals surface area contributed by atoms with Crippen LogP contribution in [0.1, 0.15) is 16.2 Å². The summed E-state index contributed by atoms with van der Waals surface area (Å²) in [7, 11) is 0. The largest absolute Gasteiger partial charge is 0.420 e. The van der Waals surface area contributed by atoms with Gasteiger partial charge in [0, 0.05) is 5.56 Å². The maximum atomic E-state index is 13.7. The smallest absolute Gasteiger partial charge is 0.260 e. The van der Waals surface area contributed by atoms with Crippen molar-refractivity contribution < 1.29 is 13.6 Å². The predicted octanol–water partition coefficient (Wildman–Crippen LogP) is 4.27. The molecular formula is C18H12FN5O2S2. The van der Waals surface area contributed by atoms with Crippen molar-refractivity contribution in [2.75, 3.05) is 5.32 Å². The lowest BCUT2D eigenvalue weighted by Gasteiger charge is -2.01. The number of carbonyl (C=O) groups is 1. The van der Waals surface area contributed by atoms with Gasteiger partial charge in [0.1, 0.15) is 5.82 Å². The van der Waals surface area contributed by atoms with E-state index in [0.29, 0.717) is 21.9 Å². The molecule has 0 saturated carbocycles. The van der Waals surface area contributed by atoms with E-state index in [-0.39, 0.29) is 10.7 Å². The Labute approximate surface area is 167 Å². The summed E-state index contributed by atoms with van der Waals surface area (Å²) >= 11 is 2.53. The van der Waals surface area contributed by atoms with Gasteiger partial charge >= 0.3 is 0 Å². The normalized spacial score (nSPS) is 10.8. The van der Waals surface area contributed by atoms with Crippen molar-refractivity contribution in [2.24, 2.45) is 0 Å². The van der Waals surface area contributed by atoms with E-state index >= 15 is 0 Å². The van der Waals surface area contributed by atoms with Crippen molar-refractivity contribution in [3.05, 3.63) is 71.9 Å². The van der Waals surface area contributed by atoms with Gasteiger partial charge in [-0.15, -0.1) is 20.4 Å². The SMILES string of the molecule is O=C(Nc1nnc(SCc2nnc(-c3ccccc3)o2)s1)c1ccccc1F. The molecule has 2 aromatic carbocycles. The quantitative estimate of drug-likeness (QED) is 0.373. The highest BCUT2D eigenvalue weighted by atomic mass is 32.2. The Kier molecular flexibility index (Phi) is 5.40. The van der Waals surface area contributed by atoms with Crippen molar-refractivity contribution in [1.82, 2.24) is 20.4 Å². The Morgan fingerprint density at radius 2 is 1.82 bits per heavy atom. The third kappa shape index (κ3) is 4.24. The Hall–Kier alpha value is -3.11. The van der Waals surface area contributed by atoms with Gasteiger partial charge in [0.15, 0.2) is 4.34 Å². The van der Waals surface area contributed by atoms with Crippen LogP contribution in [-0.4, -0.2) is 26.3 Å². The van der Waals surface area contributed by atoms with Crippen molar-refractivity contribution in [2.45, 2.75) is 10.1 Å². The second kappa shape index (κ2) is 8.28. The Balaban J connectivity index is 1.36. The average Bonchev–Trinajstić information content (AvgIpc) is 3.37. The number of benzene rings is 2. The van der Waals surface area contributed by atoms with E-state index in [1.807, 2.05) is 30.3 Å². The molecule has 28 heavy (non-hydrogen) atoms. The third-order valence-corrected chi connectivity index (χ3v) is 5.51. The number of hydrogen-bond acceptors (Lipinski definition) is 8. The molecule has 0 fully saturated rings. The Morgan fingerprint density at radius 1 is 1.04 bits per heavy atom. The first-order valence-corrected chi connectivity index (χ1v) is 9.89.